The molecule has 2 aromatic rings. The molecule has 2 unspecified atom stereocenters. The van der Waals surface area contributed by atoms with Gasteiger partial charge in [0, 0.05) is 11.8 Å². The largest absolute Gasteiger partial charge is 0.507 e. The van der Waals surface area contributed by atoms with E-state index in [2.05, 4.69) is 28.6 Å². The minimum absolute atomic E-state index is 0.0315. The first kappa shape index (κ1) is 28.2. The number of amides is 4. The lowest BCUT2D eigenvalue weighted by molar-refractivity contribution is -0.128. The summed E-state index contributed by atoms with van der Waals surface area (Å²) in [7, 11) is 0. The number of hydrazine groups is 2. The molecular weight excluding hydrogens is 464 g/mol. The quantitative estimate of drug-likeness (QED) is 0.207. The van der Waals surface area contributed by atoms with E-state index in [0.29, 0.717) is 19.3 Å². The van der Waals surface area contributed by atoms with Crippen LogP contribution in [0.1, 0.15) is 73.1 Å². The van der Waals surface area contributed by atoms with Gasteiger partial charge in [-0.15, -0.1) is 0 Å². The van der Waals surface area contributed by atoms with Crippen LogP contribution in [0.3, 0.4) is 0 Å². The van der Waals surface area contributed by atoms with Crippen LogP contribution in [0.25, 0.3) is 0 Å². The molecule has 0 bridgehead atoms. The second-order valence-corrected chi connectivity index (χ2v) is 8.59. The summed E-state index contributed by atoms with van der Waals surface area (Å²) in [6.45, 7) is 3.74. The molecule has 4 amide bonds. The number of phenolic OH excluding ortho intramolecular Hbond substituents is 2. The summed E-state index contributed by atoms with van der Waals surface area (Å²) in [6, 6.07) is 12.0. The summed E-state index contributed by atoms with van der Waals surface area (Å²) >= 11 is 0. The van der Waals surface area contributed by atoms with Crippen LogP contribution in [0.15, 0.2) is 48.5 Å². The molecule has 6 N–H and O–H groups in total. The number of para-hydroxylation sites is 2. The molecule has 2 atom stereocenters. The third-order valence-corrected chi connectivity index (χ3v) is 5.82. The van der Waals surface area contributed by atoms with Crippen molar-refractivity contribution in [3.63, 3.8) is 0 Å². The van der Waals surface area contributed by atoms with E-state index < -0.39 is 29.6 Å². The van der Waals surface area contributed by atoms with Crippen LogP contribution in [0.5, 0.6) is 11.5 Å². The van der Waals surface area contributed by atoms with Crippen molar-refractivity contribution >= 4 is 23.6 Å². The van der Waals surface area contributed by atoms with E-state index in [1.807, 2.05) is 0 Å². The zero-order chi connectivity index (χ0) is 26.5. The van der Waals surface area contributed by atoms with Gasteiger partial charge in [-0.1, -0.05) is 57.4 Å². The molecule has 2 rings (SSSR count). The zero-order valence-corrected chi connectivity index (χ0v) is 20.5. The Morgan fingerprint density at radius 2 is 1.19 bits per heavy atom. The van der Waals surface area contributed by atoms with Crippen molar-refractivity contribution in [2.45, 2.75) is 52.4 Å². The Labute approximate surface area is 210 Å². The highest BCUT2D eigenvalue weighted by atomic mass is 16.3. The monoisotopic (exact) mass is 498 g/mol. The van der Waals surface area contributed by atoms with Gasteiger partial charge in [-0.2, -0.15) is 0 Å². The molecule has 36 heavy (non-hydrogen) atoms. The van der Waals surface area contributed by atoms with E-state index >= 15 is 0 Å². The number of aromatic hydroxyl groups is 2. The number of hydrogen-bond donors (Lipinski definition) is 6. The van der Waals surface area contributed by atoms with E-state index in [9.17, 15) is 29.4 Å². The molecule has 0 aliphatic heterocycles. The predicted molar refractivity (Wildman–Crippen MR) is 133 cm³/mol. The fourth-order valence-electron chi connectivity index (χ4n) is 3.56. The molecule has 0 saturated heterocycles. The second-order valence-electron chi connectivity index (χ2n) is 8.59. The Kier molecular flexibility index (Phi) is 11.2. The van der Waals surface area contributed by atoms with Gasteiger partial charge in [0.15, 0.2) is 0 Å². The summed E-state index contributed by atoms with van der Waals surface area (Å²) in [5.41, 5.74) is 9.44. The van der Waals surface area contributed by atoms with Crippen LogP contribution >= 0.6 is 0 Å². The molecule has 194 valence electrons. The van der Waals surface area contributed by atoms with Crippen LogP contribution in [-0.2, 0) is 9.59 Å². The summed E-state index contributed by atoms with van der Waals surface area (Å²) in [5.74, 6) is -3.44. The van der Waals surface area contributed by atoms with Crippen LogP contribution in [-0.4, -0.2) is 33.8 Å². The van der Waals surface area contributed by atoms with Gasteiger partial charge < -0.3 is 10.2 Å². The maximum absolute atomic E-state index is 12.8. The molecule has 10 nitrogen and oxygen atoms in total. The number of carbonyl (C=O) groups is 4. The summed E-state index contributed by atoms with van der Waals surface area (Å²) in [4.78, 5) is 49.6. The Morgan fingerprint density at radius 1 is 0.694 bits per heavy atom. The molecular formula is C26H34N4O6. The lowest BCUT2D eigenvalue weighted by Crippen LogP contribution is -2.45. The first-order valence-corrected chi connectivity index (χ1v) is 12.0. The first-order valence-electron chi connectivity index (χ1n) is 12.0. The van der Waals surface area contributed by atoms with Gasteiger partial charge in [0.05, 0.1) is 11.1 Å². The van der Waals surface area contributed by atoms with Crippen LogP contribution in [0.4, 0.5) is 0 Å². The van der Waals surface area contributed by atoms with E-state index in [1.165, 1.54) is 24.3 Å². The van der Waals surface area contributed by atoms with Crippen LogP contribution in [0, 0.1) is 11.8 Å². The maximum atomic E-state index is 12.8. The highest BCUT2D eigenvalue weighted by Gasteiger charge is 2.23. The van der Waals surface area contributed by atoms with Crippen molar-refractivity contribution in [1.82, 2.24) is 21.7 Å². The SMILES string of the molecule is CCCCCC(CCC(C)C(=O)NNC(=O)c1ccccc1O)C(=O)NNC(=O)c1ccccc1O. The Morgan fingerprint density at radius 3 is 1.69 bits per heavy atom. The number of nitrogens with one attached hydrogen (secondary N) is 4. The molecule has 0 heterocycles. The van der Waals surface area contributed by atoms with Crippen molar-refractivity contribution in [2.75, 3.05) is 0 Å². The van der Waals surface area contributed by atoms with Crippen LogP contribution in [0.2, 0.25) is 0 Å². The van der Waals surface area contributed by atoms with Crippen molar-refractivity contribution < 1.29 is 29.4 Å². The van der Waals surface area contributed by atoms with E-state index in [-0.39, 0.29) is 28.5 Å². The average molecular weight is 499 g/mol. The normalized spacial score (nSPS) is 12.2. The van der Waals surface area contributed by atoms with Gasteiger partial charge in [0.2, 0.25) is 11.8 Å². The molecule has 0 aliphatic carbocycles. The molecule has 10 heteroatoms. The minimum Gasteiger partial charge on any atom is -0.507 e. The molecule has 2 aromatic carbocycles. The van der Waals surface area contributed by atoms with E-state index in [4.69, 9.17) is 0 Å². The van der Waals surface area contributed by atoms with Gasteiger partial charge in [-0.05, 0) is 43.5 Å². The van der Waals surface area contributed by atoms with Gasteiger partial charge in [0.25, 0.3) is 11.8 Å². The molecule has 0 aromatic heterocycles. The van der Waals surface area contributed by atoms with Crippen molar-refractivity contribution in [1.29, 1.82) is 0 Å². The lowest BCUT2D eigenvalue weighted by Gasteiger charge is -2.19. The average Bonchev–Trinajstić information content (AvgIpc) is 2.87. The number of hydrogen-bond acceptors (Lipinski definition) is 6. The zero-order valence-electron chi connectivity index (χ0n) is 20.5. The van der Waals surface area contributed by atoms with E-state index in [1.54, 1.807) is 31.2 Å². The Balaban J connectivity index is 1.87. The minimum atomic E-state index is -0.648. The van der Waals surface area contributed by atoms with Gasteiger partial charge >= 0.3 is 0 Å². The molecule has 0 fully saturated rings. The number of phenols is 2. The molecule has 0 spiro atoms. The van der Waals surface area contributed by atoms with Crippen molar-refractivity contribution in [3.8, 4) is 11.5 Å². The number of carbonyl (C=O) groups excluding carboxylic acids is 4. The van der Waals surface area contributed by atoms with Gasteiger partial charge in [0.1, 0.15) is 11.5 Å². The van der Waals surface area contributed by atoms with Gasteiger partial charge in [-0.25, -0.2) is 0 Å². The molecule has 0 aliphatic rings. The third kappa shape index (κ3) is 8.61. The Hall–Kier alpha value is -4.08. The second kappa shape index (κ2) is 14.3. The first-order chi connectivity index (χ1) is 17.2. The highest BCUT2D eigenvalue weighted by Crippen LogP contribution is 2.20. The van der Waals surface area contributed by atoms with Crippen LogP contribution < -0.4 is 21.7 Å². The maximum Gasteiger partial charge on any atom is 0.273 e. The number of benzene rings is 2. The highest BCUT2D eigenvalue weighted by molar-refractivity contribution is 5.98. The standard InChI is InChI=1S/C26H34N4O6/c1-3-4-5-10-18(24(34)28-30-26(36)20-12-7-9-14-22(20)32)16-15-17(2)23(33)27-29-25(35)19-11-6-8-13-21(19)31/h6-9,11-14,17-18,31-32H,3-5,10,15-16H2,1-2H3,(H,27,33)(H,28,34)(H,29,35)(H,30,36). The lowest BCUT2D eigenvalue weighted by atomic mass is 9.91. The number of unbranched alkanes of at least 4 members (excludes halogenated alkanes) is 2. The topological polar surface area (TPSA) is 157 Å². The fraction of sp³-hybridized carbons (Fsp3) is 0.385. The molecule has 0 saturated carbocycles. The summed E-state index contributed by atoms with van der Waals surface area (Å²) in [6.07, 6.45) is 4.10. The smallest absolute Gasteiger partial charge is 0.273 e. The fourth-order valence-corrected chi connectivity index (χ4v) is 3.56. The number of rotatable bonds is 11. The summed E-state index contributed by atoms with van der Waals surface area (Å²) < 4.78 is 0. The van der Waals surface area contributed by atoms with Crippen molar-refractivity contribution in [2.24, 2.45) is 11.8 Å². The third-order valence-electron chi connectivity index (χ3n) is 5.82. The van der Waals surface area contributed by atoms with E-state index in [0.717, 1.165) is 19.3 Å². The van der Waals surface area contributed by atoms with Crippen molar-refractivity contribution in [3.05, 3.63) is 59.7 Å². The summed E-state index contributed by atoms with van der Waals surface area (Å²) in [5, 5.41) is 19.5. The molecule has 0 radical (unpaired) electrons. The predicted octanol–water partition coefficient (Wildman–Crippen LogP) is 2.93. The Bertz CT molecular complexity index is 1060. The van der Waals surface area contributed by atoms with Gasteiger partial charge in [-0.3, -0.25) is 40.9 Å².